The fourth-order valence-corrected chi connectivity index (χ4v) is 3.48. The highest BCUT2D eigenvalue weighted by Gasteiger charge is 2.28. The molecule has 1 N–H and O–H groups in total. The monoisotopic (exact) mass is 408 g/mol. The van der Waals surface area contributed by atoms with E-state index in [4.69, 9.17) is 9.47 Å². The topological polar surface area (TPSA) is 98.4 Å². The van der Waals surface area contributed by atoms with Crippen LogP contribution in [-0.4, -0.2) is 40.9 Å². The highest BCUT2D eigenvalue weighted by atomic mass is 16.5. The summed E-state index contributed by atoms with van der Waals surface area (Å²) in [5.41, 5.74) is 4.18. The van der Waals surface area contributed by atoms with E-state index in [2.05, 4.69) is 9.97 Å². The number of benzene rings is 1. The van der Waals surface area contributed by atoms with Gasteiger partial charge in [-0.1, -0.05) is 11.6 Å². The lowest BCUT2D eigenvalue weighted by Gasteiger charge is -2.14. The van der Waals surface area contributed by atoms with Gasteiger partial charge in [-0.25, -0.2) is 9.59 Å². The predicted molar refractivity (Wildman–Crippen MR) is 112 cm³/mol. The van der Waals surface area contributed by atoms with Crippen LogP contribution in [0.4, 0.5) is 0 Å². The average Bonchev–Trinajstić information content (AvgIpc) is 3.00. The molecule has 0 radical (unpaired) electrons. The zero-order valence-corrected chi connectivity index (χ0v) is 17.9. The maximum absolute atomic E-state index is 12.9. The highest BCUT2D eigenvalue weighted by Crippen LogP contribution is 2.22. The number of esters is 2. The van der Waals surface area contributed by atoms with Crippen LogP contribution >= 0.6 is 0 Å². The molecule has 0 saturated carbocycles. The van der Waals surface area contributed by atoms with E-state index in [0.29, 0.717) is 28.1 Å². The van der Waals surface area contributed by atoms with Gasteiger partial charge in [-0.05, 0) is 58.4 Å². The van der Waals surface area contributed by atoms with E-state index in [9.17, 15) is 14.4 Å². The van der Waals surface area contributed by atoms with Crippen LogP contribution in [0.1, 0.15) is 60.6 Å². The molecule has 2 aromatic heterocycles. The van der Waals surface area contributed by atoms with E-state index in [1.165, 1.54) is 14.0 Å². The molecule has 0 saturated heterocycles. The van der Waals surface area contributed by atoms with Crippen LogP contribution in [0, 0.1) is 27.7 Å². The molecule has 0 aliphatic carbocycles. The van der Waals surface area contributed by atoms with Gasteiger partial charge in [0.15, 0.2) is 6.10 Å². The molecule has 3 aromatic rings. The van der Waals surface area contributed by atoms with Crippen LogP contribution < -0.4 is 0 Å². The summed E-state index contributed by atoms with van der Waals surface area (Å²) in [6, 6.07) is 7.51. The number of H-pyrrole nitrogens is 1. The first kappa shape index (κ1) is 21.2. The van der Waals surface area contributed by atoms with Crippen molar-refractivity contribution in [1.82, 2.24) is 9.97 Å². The Morgan fingerprint density at radius 3 is 2.40 bits per heavy atom. The van der Waals surface area contributed by atoms with Crippen molar-refractivity contribution in [3.05, 3.63) is 63.6 Å². The smallest absolute Gasteiger partial charge is 0.340 e. The summed E-state index contributed by atoms with van der Waals surface area (Å²) in [4.78, 5) is 44.9. The number of fused-ring (bicyclic) bond motifs is 1. The largest absolute Gasteiger partial charge is 0.465 e. The Hall–Kier alpha value is -3.48. The first-order chi connectivity index (χ1) is 14.1. The number of ketones is 1. The molecular weight excluding hydrogens is 384 g/mol. The molecular formula is C23H24N2O5. The van der Waals surface area contributed by atoms with Gasteiger partial charge in [-0.15, -0.1) is 0 Å². The minimum Gasteiger partial charge on any atom is -0.465 e. The van der Waals surface area contributed by atoms with Gasteiger partial charge in [0.2, 0.25) is 5.78 Å². The van der Waals surface area contributed by atoms with Crippen molar-refractivity contribution < 1.29 is 23.9 Å². The van der Waals surface area contributed by atoms with Crippen molar-refractivity contribution in [2.75, 3.05) is 7.11 Å². The molecule has 0 bridgehead atoms. The van der Waals surface area contributed by atoms with Crippen LogP contribution in [0.5, 0.6) is 0 Å². The Morgan fingerprint density at radius 2 is 1.73 bits per heavy atom. The first-order valence-corrected chi connectivity index (χ1v) is 9.54. The zero-order chi connectivity index (χ0) is 22.2. The van der Waals surface area contributed by atoms with Gasteiger partial charge in [0.1, 0.15) is 0 Å². The average molecular weight is 408 g/mol. The van der Waals surface area contributed by atoms with Crippen molar-refractivity contribution in [2.45, 2.75) is 40.7 Å². The number of aryl methyl sites for hydroxylation is 3. The molecule has 0 aliphatic heterocycles. The number of Topliss-reactive ketones (excluding diaryl/α,β-unsaturated/α-hetero) is 1. The zero-order valence-electron chi connectivity index (χ0n) is 17.9. The second-order valence-corrected chi connectivity index (χ2v) is 7.35. The fraction of sp³-hybridized carbons (Fsp3) is 0.304. The molecule has 2 heterocycles. The van der Waals surface area contributed by atoms with Gasteiger partial charge in [-0.3, -0.25) is 9.78 Å². The van der Waals surface area contributed by atoms with Crippen LogP contribution in [-0.2, 0) is 9.47 Å². The van der Waals surface area contributed by atoms with Gasteiger partial charge < -0.3 is 14.5 Å². The summed E-state index contributed by atoms with van der Waals surface area (Å²) in [5.74, 6) is -1.59. The van der Waals surface area contributed by atoms with Crippen LogP contribution in [0.2, 0.25) is 0 Å². The second kappa shape index (κ2) is 8.10. The van der Waals surface area contributed by atoms with Crippen LogP contribution in [0.25, 0.3) is 10.9 Å². The lowest BCUT2D eigenvalue weighted by Crippen LogP contribution is -2.26. The molecule has 7 nitrogen and oxygen atoms in total. The Labute approximate surface area is 174 Å². The van der Waals surface area contributed by atoms with Gasteiger partial charge in [0, 0.05) is 11.1 Å². The molecule has 0 fully saturated rings. The van der Waals surface area contributed by atoms with E-state index < -0.39 is 23.8 Å². The molecule has 1 aromatic carbocycles. The number of nitrogens with one attached hydrogen (secondary N) is 1. The standard InChI is InChI=1S/C23H24N2O5/c1-11-7-8-18-16(9-11)10-17(13(3)24-18)22(27)30-15(5)21(26)20-12(2)19(14(4)25-20)23(28)29-6/h7-10,15,25H,1-6H3. The maximum Gasteiger partial charge on any atom is 0.340 e. The van der Waals surface area contributed by atoms with Crippen molar-refractivity contribution in [3.63, 3.8) is 0 Å². The number of hydrogen-bond donors (Lipinski definition) is 1. The first-order valence-electron chi connectivity index (χ1n) is 9.54. The minimum atomic E-state index is -1.05. The highest BCUT2D eigenvalue weighted by molar-refractivity contribution is 6.05. The third kappa shape index (κ3) is 3.83. The second-order valence-electron chi connectivity index (χ2n) is 7.35. The summed E-state index contributed by atoms with van der Waals surface area (Å²) in [6.45, 7) is 8.52. The number of carbonyl (C=O) groups excluding carboxylic acids is 3. The lowest BCUT2D eigenvalue weighted by molar-refractivity contribution is 0.0315. The molecule has 156 valence electrons. The summed E-state index contributed by atoms with van der Waals surface area (Å²) >= 11 is 0. The van der Waals surface area contributed by atoms with Crippen LogP contribution in [0.3, 0.4) is 0 Å². The fourth-order valence-electron chi connectivity index (χ4n) is 3.48. The normalized spacial score (nSPS) is 11.9. The summed E-state index contributed by atoms with van der Waals surface area (Å²) in [6.07, 6.45) is -1.05. The minimum absolute atomic E-state index is 0.220. The van der Waals surface area contributed by atoms with Gasteiger partial charge in [0.05, 0.1) is 35.1 Å². The molecule has 30 heavy (non-hydrogen) atoms. The summed E-state index contributed by atoms with van der Waals surface area (Å²) < 4.78 is 10.2. The Balaban J connectivity index is 1.86. The number of pyridine rings is 1. The maximum atomic E-state index is 12.9. The van der Waals surface area contributed by atoms with E-state index in [0.717, 1.165) is 16.5 Å². The van der Waals surface area contributed by atoms with Crippen molar-refractivity contribution in [1.29, 1.82) is 0 Å². The number of ether oxygens (including phenoxy) is 2. The molecule has 7 heteroatoms. The molecule has 0 amide bonds. The number of hydrogen-bond acceptors (Lipinski definition) is 6. The molecule has 0 spiro atoms. The number of methoxy groups -OCH3 is 1. The third-order valence-corrected chi connectivity index (χ3v) is 5.11. The van der Waals surface area contributed by atoms with Gasteiger partial charge in [-0.2, -0.15) is 0 Å². The number of carbonyl (C=O) groups is 3. The van der Waals surface area contributed by atoms with Crippen LogP contribution in [0.15, 0.2) is 24.3 Å². The van der Waals surface area contributed by atoms with E-state index in [1.54, 1.807) is 26.8 Å². The number of aromatic nitrogens is 2. The van der Waals surface area contributed by atoms with E-state index in [1.807, 2.05) is 25.1 Å². The predicted octanol–water partition coefficient (Wildman–Crippen LogP) is 4.01. The van der Waals surface area contributed by atoms with E-state index in [-0.39, 0.29) is 5.69 Å². The molecule has 3 rings (SSSR count). The molecule has 0 aliphatic rings. The van der Waals surface area contributed by atoms with Crippen molar-refractivity contribution in [3.8, 4) is 0 Å². The number of rotatable bonds is 5. The summed E-state index contributed by atoms with van der Waals surface area (Å²) in [5, 5.41) is 0.824. The SMILES string of the molecule is COC(=O)c1c(C)[nH]c(C(=O)C(C)OC(=O)c2cc3cc(C)ccc3nc2C)c1C. The Bertz CT molecular complexity index is 1180. The van der Waals surface area contributed by atoms with Crippen molar-refractivity contribution in [2.24, 2.45) is 0 Å². The van der Waals surface area contributed by atoms with Crippen molar-refractivity contribution >= 4 is 28.6 Å². The third-order valence-electron chi connectivity index (χ3n) is 5.11. The number of aromatic amines is 1. The van der Waals surface area contributed by atoms with E-state index >= 15 is 0 Å². The lowest BCUT2D eigenvalue weighted by atomic mass is 10.1. The number of nitrogens with zero attached hydrogens (tertiary/aromatic N) is 1. The van der Waals surface area contributed by atoms with Gasteiger partial charge in [0.25, 0.3) is 0 Å². The summed E-state index contributed by atoms with van der Waals surface area (Å²) in [7, 11) is 1.28. The molecule has 1 unspecified atom stereocenters. The Morgan fingerprint density at radius 1 is 1.03 bits per heavy atom. The quantitative estimate of drug-likeness (QED) is 0.506. The van der Waals surface area contributed by atoms with Gasteiger partial charge >= 0.3 is 11.9 Å². The Kier molecular flexibility index (Phi) is 5.73. The molecule has 1 atom stereocenters.